The fourth-order valence-electron chi connectivity index (χ4n) is 1.91. The number of benzene rings is 1. The Labute approximate surface area is 94.6 Å². The van der Waals surface area contributed by atoms with Gasteiger partial charge in [0.1, 0.15) is 5.82 Å². The summed E-state index contributed by atoms with van der Waals surface area (Å²) < 4.78 is 36.8. The van der Waals surface area contributed by atoms with Crippen molar-refractivity contribution in [3.8, 4) is 0 Å². The third-order valence-corrected chi connectivity index (χ3v) is 4.96. The van der Waals surface area contributed by atoms with Gasteiger partial charge in [0.2, 0.25) is 0 Å². The van der Waals surface area contributed by atoms with Crippen LogP contribution in [0, 0.1) is 12.7 Å². The predicted molar refractivity (Wildman–Crippen MR) is 60.5 cm³/mol. The van der Waals surface area contributed by atoms with Crippen LogP contribution in [0.4, 0.5) is 4.39 Å². The number of nitrogens with one attached hydrogen (secondary N) is 1. The summed E-state index contributed by atoms with van der Waals surface area (Å²) in [6, 6.07) is 4.50. The molecule has 2 rings (SSSR count). The average molecular weight is 243 g/mol. The van der Waals surface area contributed by atoms with Crippen LogP contribution in [-0.4, -0.2) is 27.3 Å². The molecule has 1 aromatic rings. The van der Waals surface area contributed by atoms with Crippen molar-refractivity contribution in [2.24, 2.45) is 0 Å². The lowest BCUT2D eigenvalue weighted by molar-refractivity contribution is 0.550. The molecule has 0 amide bonds. The zero-order valence-electron chi connectivity index (χ0n) is 9.03. The van der Waals surface area contributed by atoms with Gasteiger partial charge in [0, 0.05) is 13.1 Å². The van der Waals surface area contributed by atoms with Crippen molar-refractivity contribution in [3.05, 3.63) is 35.1 Å². The van der Waals surface area contributed by atoms with Gasteiger partial charge in [0.15, 0.2) is 9.84 Å². The summed E-state index contributed by atoms with van der Waals surface area (Å²) in [5, 5.41) is 2.51. The minimum atomic E-state index is -3.09. The van der Waals surface area contributed by atoms with E-state index in [0.717, 1.165) is 0 Å². The van der Waals surface area contributed by atoms with E-state index in [9.17, 15) is 12.8 Å². The second-order valence-corrected chi connectivity index (χ2v) is 6.37. The molecular formula is C11H14FNO2S. The van der Waals surface area contributed by atoms with E-state index in [-0.39, 0.29) is 11.6 Å². The third-order valence-electron chi connectivity index (χ3n) is 2.88. The maximum atomic E-state index is 13.1. The summed E-state index contributed by atoms with van der Waals surface area (Å²) in [4.78, 5) is 0. The molecule has 1 N–H and O–H groups in total. The first-order valence-corrected chi connectivity index (χ1v) is 6.90. The van der Waals surface area contributed by atoms with E-state index in [1.54, 1.807) is 19.1 Å². The predicted octanol–water partition coefficient (Wildman–Crippen LogP) is 1.19. The number of rotatable bonds is 1. The summed E-state index contributed by atoms with van der Waals surface area (Å²) >= 11 is 0. The summed E-state index contributed by atoms with van der Waals surface area (Å²) in [6.07, 6.45) is 0. The van der Waals surface area contributed by atoms with Crippen LogP contribution in [0.15, 0.2) is 18.2 Å². The van der Waals surface area contributed by atoms with Gasteiger partial charge < -0.3 is 5.32 Å². The highest BCUT2D eigenvalue weighted by Crippen LogP contribution is 2.26. The molecule has 1 aromatic carbocycles. The van der Waals surface area contributed by atoms with Gasteiger partial charge in [0.25, 0.3) is 0 Å². The van der Waals surface area contributed by atoms with Crippen LogP contribution in [-0.2, 0) is 9.84 Å². The number of hydrogen-bond donors (Lipinski definition) is 1. The van der Waals surface area contributed by atoms with E-state index in [1.165, 1.54) is 6.07 Å². The van der Waals surface area contributed by atoms with E-state index in [2.05, 4.69) is 5.32 Å². The molecule has 1 atom stereocenters. The maximum Gasteiger partial charge on any atom is 0.159 e. The lowest BCUT2D eigenvalue weighted by Gasteiger charge is -2.23. The number of hydrogen-bond acceptors (Lipinski definition) is 3. The van der Waals surface area contributed by atoms with E-state index >= 15 is 0 Å². The topological polar surface area (TPSA) is 46.2 Å². The van der Waals surface area contributed by atoms with Gasteiger partial charge in [-0.1, -0.05) is 12.1 Å². The molecule has 0 aliphatic carbocycles. The fraction of sp³-hybridized carbons (Fsp3) is 0.455. The Bertz CT molecular complexity index is 499. The molecule has 1 unspecified atom stereocenters. The molecule has 1 aliphatic heterocycles. The minimum Gasteiger partial charge on any atom is -0.314 e. The quantitative estimate of drug-likeness (QED) is 0.806. The Morgan fingerprint density at radius 2 is 2.19 bits per heavy atom. The molecule has 1 heterocycles. The molecule has 3 nitrogen and oxygen atoms in total. The fourth-order valence-corrected chi connectivity index (χ4v) is 3.56. The zero-order valence-corrected chi connectivity index (χ0v) is 9.85. The highest BCUT2D eigenvalue weighted by molar-refractivity contribution is 7.91. The van der Waals surface area contributed by atoms with Crippen molar-refractivity contribution in [2.75, 3.05) is 18.8 Å². The Morgan fingerprint density at radius 1 is 1.44 bits per heavy atom. The van der Waals surface area contributed by atoms with E-state index in [1.807, 2.05) is 0 Å². The minimum absolute atomic E-state index is 0.147. The normalized spacial score (nSPS) is 24.2. The second-order valence-electron chi connectivity index (χ2n) is 4.07. The van der Waals surface area contributed by atoms with Gasteiger partial charge in [-0.2, -0.15) is 0 Å². The van der Waals surface area contributed by atoms with Crippen LogP contribution in [0.1, 0.15) is 16.4 Å². The van der Waals surface area contributed by atoms with Crippen LogP contribution >= 0.6 is 0 Å². The Kier molecular flexibility index (Phi) is 2.99. The average Bonchev–Trinajstić information content (AvgIpc) is 2.22. The molecule has 1 fully saturated rings. The highest BCUT2D eigenvalue weighted by atomic mass is 32.2. The zero-order chi connectivity index (χ0) is 11.8. The summed E-state index contributed by atoms with van der Waals surface area (Å²) in [5.41, 5.74) is 1.16. The summed E-state index contributed by atoms with van der Waals surface area (Å²) in [7, 11) is -3.09. The smallest absolute Gasteiger partial charge is 0.159 e. The largest absolute Gasteiger partial charge is 0.314 e. The lowest BCUT2D eigenvalue weighted by Crippen LogP contribution is -2.38. The monoisotopic (exact) mass is 243 g/mol. The van der Waals surface area contributed by atoms with Crippen molar-refractivity contribution in [2.45, 2.75) is 12.2 Å². The molecule has 16 heavy (non-hydrogen) atoms. The molecule has 1 aliphatic rings. The highest BCUT2D eigenvalue weighted by Gasteiger charge is 2.30. The number of halogens is 1. The van der Waals surface area contributed by atoms with Gasteiger partial charge in [0.05, 0.1) is 11.0 Å². The molecule has 0 bridgehead atoms. The van der Waals surface area contributed by atoms with Crippen molar-refractivity contribution in [1.82, 2.24) is 5.32 Å². The van der Waals surface area contributed by atoms with Gasteiger partial charge in [-0.3, -0.25) is 0 Å². The molecule has 0 saturated carbocycles. The van der Waals surface area contributed by atoms with Crippen LogP contribution in [0.3, 0.4) is 0 Å². The number of sulfone groups is 1. The van der Waals surface area contributed by atoms with Crippen molar-refractivity contribution < 1.29 is 12.8 Å². The van der Waals surface area contributed by atoms with Crippen molar-refractivity contribution >= 4 is 9.84 Å². The lowest BCUT2D eigenvalue weighted by atomic mass is 10.1. The van der Waals surface area contributed by atoms with E-state index in [0.29, 0.717) is 24.2 Å². The Morgan fingerprint density at radius 3 is 2.81 bits per heavy atom. The van der Waals surface area contributed by atoms with Crippen LogP contribution in [0.2, 0.25) is 0 Å². The van der Waals surface area contributed by atoms with Crippen molar-refractivity contribution in [3.63, 3.8) is 0 Å². The molecular weight excluding hydrogens is 229 g/mol. The Hall–Kier alpha value is -0.940. The van der Waals surface area contributed by atoms with Crippen LogP contribution in [0.25, 0.3) is 0 Å². The van der Waals surface area contributed by atoms with Gasteiger partial charge in [-0.25, -0.2) is 12.8 Å². The van der Waals surface area contributed by atoms with E-state index < -0.39 is 15.1 Å². The van der Waals surface area contributed by atoms with Crippen LogP contribution < -0.4 is 5.32 Å². The first kappa shape index (κ1) is 11.5. The third kappa shape index (κ3) is 2.10. The Balaban J connectivity index is 2.39. The standard InChI is InChI=1S/C11H14FNO2S/c1-8-6-9(2-3-10(8)12)11-7-13-4-5-16(11,14)15/h2-3,6,11,13H,4-5,7H2,1H3. The molecule has 0 aromatic heterocycles. The molecule has 0 spiro atoms. The summed E-state index contributed by atoms with van der Waals surface area (Å²) in [6.45, 7) is 2.55. The van der Waals surface area contributed by atoms with Crippen LogP contribution in [0.5, 0.6) is 0 Å². The van der Waals surface area contributed by atoms with Crippen molar-refractivity contribution in [1.29, 1.82) is 0 Å². The van der Waals surface area contributed by atoms with E-state index in [4.69, 9.17) is 0 Å². The van der Waals surface area contributed by atoms with Gasteiger partial charge >= 0.3 is 0 Å². The first-order chi connectivity index (χ1) is 7.50. The SMILES string of the molecule is Cc1cc(C2CNCCS2(=O)=O)ccc1F. The molecule has 5 heteroatoms. The molecule has 0 radical (unpaired) electrons. The first-order valence-electron chi connectivity index (χ1n) is 5.19. The van der Waals surface area contributed by atoms with Gasteiger partial charge in [-0.15, -0.1) is 0 Å². The maximum absolute atomic E-state index is 13.1. The second kappa shape index (κ2) is 4.14. The molecule has 88 valence electrons. The summed E-state index contributed by atoms with van der Waals surface area (Å²) in [5.74, 6) is -0.154. The number of aryl methyl sites for hydroxylation is 1. The van der Waals surface area contributed by atoms with Gasteiger partial charge in [-0.05, 0) is 24.1 Å². The molecule has 1 saturated heterocycles.